The molecule has 0 bridgehead atoms. The van der Waals surface area contributed by atoms with Crippen molar-refractivity contribution >= 4 is 15.9 Å². The quantitative estimate of drug-likeness (QED) is 0.813. The SMILES string of the molecule is CC(N[C@H](C)c1ccc(Br)cc1)c1cc(F)ccc1F. The lowest BCUT2D eigenvalue weighted by Crippen LogP contribution is -2.23. The van der Waals surface area contributed by atoms with Crippen LogP contribution in [0.5, 0.6) is 0 Å². The highest BCUT2D eigenvalue weighted by molar-refractivity contribution is 9.10. The Kier molecular flexibility index (Phi) is 4.89. The molecule has 0 aliphatic carbocycles. The molecule has 0 heterocycles. The fraction of sp³-hybridized carbons (Fsp3) is 0.250. The van der Waals surface area contributed by atoms with Gasteiger partial charge in [-0.05, 0) is 49.7 Å². The molecule has 1 N–H and O–H groups in total. The van der Waals surface area contributed by atoms with Crippen molar-refractivity contribution < 1.29 is 8.78 Å². The number of benzene rings is 2. The number of rotatable bonds is 4. The maximum atomic E-state index is 13.7. The molecule has 20 heavy (non-hydrogen) atoms. The Morgan fingerprint density at radius 3 is 2.25 bits per heavy atom. The minimum atomic E-state index is -0.425. The summed E-state index contributed by atoms with van der Waals surface area (Å²) < 4.78 is 27.9. The van der Waals surface area contributed by atoms with Gasteiger partial charge in [0.25, 0.3) is 0 Å². The van der Waals surface area contributed by atoms with E-state index in [2.05, 4.69) is 21.2 Å². The average molecular weight is 340 g/mol. The second kappa shape index (κ2) is 6.46. The van der Waals surface area contributed by atoms with Crippen LogP contribution in [0.2, 0.25) is 0 Å². The lowest BCUT2D eigenvalue weighted by molar-refractivity contribution is 0.470. The van der Waals surface area contributed by atoms with Gasteiger partial charge in [0, 0.05) is 22.1 Å². The molecule has 2 atom stereocenters. The van der Waals surface area contributed by atoms with E-state index in [0.29, 0.717) is 5.56 Å². The van der Waals surface area contributed by atoms with E-state index in [1.807, 2.05) is 38.1 Å². The van der Waals surface area contributed by atoms with Gasteiger partial charge < -0.3 is 5.32 Å². The van der Waals surface area contributed by atoms with Crippen LogP contribution in [-0.2, 0) is 0 Å². The normalized spacial score (nSPS) is 14.1. The van der Waals surface area contributed by atoms with Gasteiger partial charge in [-0.2, -0.15) is 0 Å². The zero-order chi connectivity index (χ0) is 14.7. The number of hydrogen-bond acceptors (Lipinski definition) is 1. The van der Waals surface area contributed by atoms with Crippen molar-refractivity contribution in [2.24, 2.45) is 0 Å². The van der Waals surface area contributed by atoms with Crippen molar-refractivity contribution in [3.05, 3.63) is 69.7 Å². The molecule has 2 aromatic carbocycles. The van der Waals surface area contributed by atoms with Gasteiger partial charge >= 0.3 is 0 Å². The smallest absolute Gasteiger partial charge is 0.128 e. The fourth-order valence-electron chi connectivity index (χ4n) is 2.16. The van der Waals surface area contributed by atoms with E-state index in [4.69, 9.17) is 0 Å². The van der Waals surface area contributed by atoms with Crippen LogP contribution in [0, 0.1) is 11.6 Å². The van der Waals surface area contributed by atoms with Crippen LogP contribution in [0.4, 0.5) is 8.78 Å². The molecule has 0 spiro atoms. The molecule has 0 aliphatic rings. The minimum Gasteiger partial charge on any atom is -0.304 e. The second-order valence-electron chi connectivity index (χ2n) is 4.83. The monoisotopic (exact) mass is 339 g/mol. The minimum absolute atomic E-state index is 0.0424. The summed E-state index contributed by atoms with van der Waals surface area (Å²) in [6.07, 6.45) is 0. The van der Waals surface area contributed by atoms with Crippen molar-refractivity contribution in [3.63, 3.8) is 0 Å². The summed E-state index contributed by atoms with van der Waals surface area (Å²) in [7, 11) is 0. The van der Waals surface area contributed by atoms with Gasteiger partial charge in [0.15, 0.2) is 0 Å². The Morgan fingerprint density at radius 1 is 0.950 bits per heavy atom. The highest BCUT2D eigenvalue weighted by atomic mass is 79.9. The molecule has 0 saturated carbocycles. The number of hydrogen-bond donors (Lipinski definition) is 1. The van der Waals surface area contributed by atoms with Crippen LogP contribution < -0.4 is 5.32 Å². The predicted molar refractivity (Wildman–Crippen MR) is 80.5 cm³/mol. The molecule has 0 aliphatic heterocycles. The molecule has 106 valence electrons. The molecule has 0 saturated heterocycles. The van der Waals surface area contributed by atoms with Crippen molar-refractivity contribution in [2.75, 3.05) is 0 Å². The van der Waals surface area contributed by atoms with Crippen molar-refractivity contribution in [1.82, 2.24) is 5.32 Å². The van der Waals surface area contributed by atoms with Gasteiger partial charge in [-0.1, -0.05) is 28.1 Å². The van der Waals surface area contributed by atoms with E-state index < -0.39 is 11.6 Å². The number of nitrogens with one attached hydrogen (secondary N) is 1. The highest BCUT2D eigenvalue weighted by Gasteiger charge is 2.15. The first kappa shape index (κ1) is 15.1. The summed E-state index contributed by atoms with van der Waals surface area (Å²) in [6, 6.07) is 11.2. The van der Waals surface area contributed by atoms with E-state index in [0.717, 1.165) is 22.2 Å². The lowest BCUT2D eigenvalue weighted by Gasteiger charge is -2.21. The Bertz CT molecular complexity index is 584. The van der Waals surface area contributed by atoms with Gasteiger partial charge in [-0.15, -0.1) is 0 Å². The van der Waals surface area contributed by atoms with Crippen LogP contribution in [0.1, 0.15) is 37.1 Å². The maximum Gasteiger partial charge on any atom is 0.128 e. The predicted octanol–water partition coefficient (Wildman–Crippen LogP) is 5.14. The van der Waals surface area contributed by atoms with Crippen LogP contribution in [0.25, 0.3) is 0 Å². The van der Waals surface area contributed by atoms with E-state index in [9.17, 15) is 8.78 Å². The highest BCUT2D eigenvalue weighted by Crippen LogP contribution is 2.23. The molecular weight excluding hydrogens is 324 g/mol. The van der Waals surface area contributed by atoms with Crippen molar-refractivity contribution in [1.29, 1.82) is 0 Å². The molecule has 2 aromatic rings. The Balaban J connectivity index is 2.12. The molecular formula is C16H16BrF2N. The summed E-state index contributed by atoms with van der Waals surface area (Å²) >= 11 is 3.39. The second-order valence-corrected chi connectivity index (χ2v) is 5.74. The van der Waals surface area contributed by atoms with Gasteiger partial charge in [0.2, 0.25) is 0 Å². The van der Waals surface area contributed by atoms with E-state index >= 15 is 0 Å². The molecule has 4 heteroatoms. The Hall–Kier alpha value is -1.26. The fourth-order valence-corrected chi connectivity index (χ4v) is 2.42. The summed E-state index contributed by atoms with van der Waals surface area (Å²) in [5.41, 5.74) is 1.44. The first-order valence-corrected chi connectivity index (χ1v) is 7.23. The molecule has 2 rings (SSSR count). The maximum absolute atomic E-state index is 13.7. The third-order valence-electron chi connectivity index (χ3n) is 3.29. The van der Waals surface area contributed by atoms with Gasteiger partial charge in [0.1, 0.15) is 11.6 Å². The Morgan fingerprint density at radius 2 is 1.60 bits per heavy atom. The summed E-state index contributed by atoms with van der Waals surface area (Å²) in [4.78, 5) is 0. The Labute approximate surface area is 126 Å². The first-order valence-electron chi connectivity index (χ1n) is 6.44. The van der Waals surface area contributed by atoms with E-state index in [1.165, 1.54) is 6.07 Å². The van der Waals surface area contributed by atoms with E-state index in [-0.39, 0.29) is 12.1 Å². The van der Waals surface area contributed by atoms with E-state index in [1.54, 1.807) is 0 Å². The summed E-state index contributed by atoms with van der Waals surface area (Å²) in [5, 5.41) is 3.28. The largest absolute Gasteiger partial charge is 0.304 e. The molecule has 0 aromatic heterocycles. The molecule has 0 fully saturated rings. The topological polar surface area (TPSA) is 12.0 Å². The average Bonchev–Trinajstić information content (AvgIpc) is 2.42. The van der Waals surface area contributed by atoms with Gasteiger partial charge in [-0.25, -0.2) is 8.78 Å². The van der Waals surface area contributed by atoms with Crippen molar-refractivity contribution in [2.45, 2.75) is 25.9 Å². The zero-order valence-electron chi connectivity index (χ0n) is 11.3. The molecule has 0 radical (unpaired) electrons. The van der Waals surface area contributed by atoms with Gasteiger partial charge in [-0.3, -0.25) is 0 Å². The van der Waals surface area contributed by atoms with Crippen molar-refractivity contribution in [3.8, 4) is 0 Å². The molecule has 0 amide bonds. The van der Waals surface area contributed by atoms with Crippen LogP contribution in [0.3, 0.4) is 0 Å². The summed E-state index contributed by atoms with van der Waals surface area (Å²) in [6.45, 7) is 3.82. The summed E-state index contributed by atoms with van der Waals surface area (Å²) in [5.74, 6) is -0.819. The lowest BCUT2D eigenvalue weighted by atomic mass is 10.0. The third kappa shape index (κ3) is 3.64. The van der Waals surface area contributed by atoms with Crippen LogP contribution in [-0.4, -0.2) is 0 Å². The zero-order valence-corrected chi connectivity index (χ0v) is 12.9. The van der Waals surface area contributed by atoms with Gasteiger partial charge in [0.05, 0.1) is 0 Å². The third-order valence-corrected chi connectivity index (χ3v) is 3.82. The van der Waals surface area contributed by atoms with Crippen LogP contribution in [0.15, 0.2) is 46.9 Å². The molecule has 1 nitrogen and oxygen atoms in total. The molecule has 1 unspecified atom stereocenters. The number of halogens is 3. The standard InChI is InChI=1S/C16H16BrF2N/c1-10(12-3-5-13(17)6-4-12)20-11(2)15-9-14(18)7-8-16(15)19/h3-11,20H,1-2H3/t10-,11?/m1/s1. The van der Waals surface area contributed by atoms with Crippen LogP contribution >= 0.6 is 15.9 Å². The first-order chi connectivity index (χ1) is 9.47.